The van der Waals surface area contributed by atoms with Gasteiger partial charge < -0.3 is 10.1 Å². The van der Waals surface area contributed by atoms with Gasteiger partial charge in [-0.25, -0.2) is 0 Å². The Balaban J connectivity index is 2.36. The Morgan fingerprint density at radius 1 is 1.67 bits per heavy atom. The fourth-order valence-electron chi connectivity index (χ4n) is 2.70. The number of aromatic nitrogens is 2. The van der Waals surface area contributed by atoms with E-state index in [2.05, 4.69) is 17.3 Å². The van der Waals surface area contributed by atoms with Crippen molar-refractivity contribution in [3.8, 4) is 5.75 Å². The SMILES string of the molecule is CCC1(C(=O)c2c(OC)cnn2C)CCCNC1. The minimum atomic E-state index is -0.306. The van der Waals surface area contributed by atoms with E-state index in [0.29, 0.717) is 11.4 Å². The van der Waals surface area contributed by atoms with Gasteiger partial charge in [0.05, 0.1) is 13.3 Å². The van der Waals surface area contributed by atoms with Crippen molar-refractivity contribution in [2.24, 2.45) is 12.5 Å². The number of aryl methyl sites for hydroxylation is 1. The summed E-state index contributed by atoms with van der Waals surface area (Å²) >= 11 is 0. The summed E-state index contributed by atoms with van der Waals surface area (Å²) < 4.78 is 6.86. The number of carbonyl (C=O) groups excluding carboxylic acids is 1. The Morgan fingerprint density at radius 3 is 3.00 bits per heavy atom. The first-order valence-corrected chi connectivity index (χ1v) is 6.46. The van der Waals surface area contributed by atoms with Crippen molar-refractivity contribution in [3.63, 3.8) is 0 Å². The summed E-state index contributed by atoms with van der Waals surface area (Å²) in [5, 5.41) is 7.45. The molecule has 0 spiro atoms. The molecule has 1 aliphatic heterocycles. The van der Waals surface area contributed by atoms with Crippen LogP contribution >= 0.6 is 0 Å². The molecule has 0 saturated carbocycles. The van der Waals surface area contributed by atoms with Gasteiger partial charge in [-0.3, -0.25) is 9.48 Å². The molecule has 0 aromatic carbocycles. The highest BCUT2D eigenvalue weighted by molar-refractivity contribution is 6.01. The summed E-state index contributed by atoms with van der Waals surface area (Å²) in [7, 11) is 3.36. The van der Waals surface area contributed by atoms with E-state index in [-0.39, 0.29) is 11.2 Å². The molecule has 5 heteroatoms. The molecule has 1 saturated heterocycles. The number of ether oxygens (including phenoxy) is 1. The molecule has 0 aliphatic carbocycles. The van der Waals surface area contributed by atoms with Gasteiger partial charge in [0.25, 0.3) is 0 Å². The van der Waals surface area contributed by atoms with Crippen molar-refractivity contribution in [2.75, 3.05) is 20.2 Å². The number of rotatable bonds is 4. The summed E-state index contributed by atoms with van der Waals surface area (Å²) in [5.74, 6) is 0.718. The number of Topliss-reactive ketones (excluding diaryl/α,β-unsaturated/α-hetero) is 1. The average Bonchev–Trinajstić information content (AvgIpc) is 2.79. The topological polar surface area (TPSA) is 56.1 Å². The minimum absolute atomic E-state index is 0.147. The van der Waals surface area contributed by atoms with Crippen LogP contribution in [0.2, 0.25) is 0 Å². The molecule has 1 atom stereocenters. The van der Waals surface area contributed by atoms with E-state index < -0.39 is 0 Å². The maximum Gasteiger partial charge on any atom is 0.192 e. The molecule has 18 heavy (non-hydrogen) atoms. The Labute approximate surface area is 108 Å². The van der Waals surface area contributed by atoms with E-state index in [1.165, 1.54) is 0 Å². The third kappa shape index (κ3) is 2.03. The van der Waals surface area contributed by atoms with Gasteiger partial charge in [0.15, 0.2) is 11.5 Å². The zero-order valence-electron chi connectivity index (χ0n) is 11.3. The summed E-state index contributed by atoms with van der Waals surface area (Å²) in [5.41, 5.74) is 0.280. The van der Waals surface area contributed by atoms with Crippen molar-refractivity contribution in [1.29, 1.82) is 0 Å². The molecule has 2 rings (SSSR count). The monoisotopic (exact) mass is 251 g/mol. The van der Waals surface area contributed by atoms with Crippen LogP contribution in [-0.4, -0.2) is 35.8 Å². The number of ketones is 1. The fourth-order valence-corrected chi connectivity index (χ4v) is 2.70. The van der Waals surface area contributed by atoms with E-state index in [4.69, 9.17) is 4.74 Å². The van der Waals surface area contributed by atoms with Crippen LogP contribution in [0.15, 0.2) is 6.20 Å². The van der Waals surface area contributed by atoms with Crippen molar-refractivity contribution in [2.45, 2.75) is 26.2 Å². The van der Waals surface area contributed by atoms with Gasteiger partial charge in [-0.1, -0.05) is 6.92 Å². The number of carbonyl (C=O) groups is 1. The molecule has 0 amide bonds. The van der Waals surface area contributed by atoms with Crippen LogP contribution in [-0.2, 0) is 7.05 Å². The lowest BCUT2D eigenvalue weighted by Gasteiger charge is -2.35. The van der Waals surface area contributed by atoms with Gasteiger partial charge >= 0.3 is 0 Å². The van der Waals surface area contributed by atoms with Crippen molar-refractivity contribution >= 4 is 5.78 Å². The molecule has 1 fully saturated rings. The fraction of sp³-hybridized carbons (Fsp3) is 0.692. The molecule has 2 heterocycles. The highest BCUT2D eigenvalue weighted by Crippen LogP contribution is 2.36. The second-order valence-corrected chi connectivity index (χ2v) is 4.93. The van der Waals surface area contributed by atoms with E-state index in [1.807, 2.05) is 0 Å². The Morgan fingerprint density at radius 2 is 2.44 bits per heavy atom. The van der Waals surface area contributed by atoms with Crippen molar-refractivity contribution in [3.05, 3.63) is 11.9 Å². The minimum Gasteiger partial charge on any atom is -0.493 e. The summed E-state index contributed by atoms with van der Waals surface area (Å²) in [6.45, 7) is 3.82. The second-order valence-electron chi connectivity index (χ2n) is 4.93. The Bertz CT molecular complexity index is 433. The number of hydrogen-bond donors (Lipinski definition) is 1. The highest BCUT2D eigenvalue weighted by Gasteiger charge is 2.40. The van der Waals surface area contributed by atoms with Crippen molar-refractivity contribution < 1.29 is 9.53 Å². The normalized spacial score (nSPS) is 23.9. The second kappa shape index (κ2) is 5.10. The summed E-state index contributed by atoms with van der Waals surface area (Å²) in [4.78, 5) is 12.8. The molecule has 1 aromatic rings. The van der Waals surface area contributed by atoms with Crippen LogP contribution in [0.25, 0.3) is 0 Å². The summed E-state index contributed by atoms with van der Waals surface area (Å²) in [6.07, 6.45) is 4.42. The molecular weight excluding hydrogens is 230 g/mol. The van der Waals surface area contributed by atoms with Crippen LogP contribution in [0.3, 0.4) is 0 Å². The van der Waals surface area contributed by atoms with Gasteiger partial charge in [0, 0.05) is 19.0 Å². The number of nitrogens with zero attached hydrogens (tertiary/aromatic N) is 2. The van der Waals surface area contributed by atoms with Crippen LogP contribution in [0.1, 0.15) is 36.7 Å². The molecule has 1 aliphatic rings. The quantitative estimate of drug-likeness (QED) is 0.822. The van der Waals surface area contributed by atoms with Gasteiger partial charge in [0.2, 0.25) is 0 Å². The third-order valence-corrected chi connectivity index (χ3v) is 3.97. The van der Waals surface area contributed by atoms with Crippen LogP contribution in [0, 0.1) is 5.41 Å². The predicted octanol–water partition coefficient (Wildman–Crippen LogP) is 1.39. The molecule has 5 nitrogen and oxygen atoms in total. The highest BCUT2D eigenvalue weighted by atomic mass is 16.5. The number of methoxy groups -OCH3 is 1. The van der Waals surface area contributed by atoms with Gasteiger partial charge in [-0.05, 0) is 25.8 Å². The number of piperidine rings is 1. The number of hydrogen-bond acceptors (Lipinski definition) is 4. The van der Waals surface area contributed by atoms with Gasteiger partial charge in [0.1, 0.15) is 5.69 Å². The molecule has 1 N–H and O–H groups in total. The first-order valence-electron chi connectivity index (χ1n) is 6.46. The first-order chi connectivity index (χ1) is 8.64. The molecule has 0 bridgehead atoms. The maximum atomic E-state index is 12.8. The smallest absolute Gasteiger partial charge is 0.192 e. The van der Waals surface area contributed by atoms with E-state index in [0.717, 1.165) is 32.4 Å². The number of nitrogens with one attached hydrogen (secondary N) is 1. The zero-order valence-corrected chi connectivity index (χ0v) is 11.3. The van der Waals surface area contributed by atoms with E-state index in [9.17, 15) is 4.79 Å². The van der Waals surface area contributed by atoms with Crippen LogP contribution in [0.4, 0.5) is 0 Å². The van der Waals surface area contributed by atoms with Gasteiger partial charge in [-0.2, -0.15) is 5.10 Å². The standard InChI is InChI=1S/C13H21N3O2/c1-4-13(6-5-7-14-9-13)12(17)11-10(18-3)8-15-16(11)2/h8,14H,4-7,9H2,1-3H3. The Kier molecular flexibility index (Phi) is 3.71. The molecule has 0 radical (unpaired) electrons. The average molecular weight is 251 g/mol. The van der Waals surface area contributed by atoms with Gasteiger partial charge in [-0.15, -0.1) is 0 Å². The lowest BCUT2D eigenvalue weighted by atomic mass is 9.73. The Hall–Kier alpha value is -1.36. The molecular formula is C13H21N3O2. The zero-order chi connectivity index (χ0) is 13.2. The van der Waals surface area contributed by atoms with Crippen LogP contribution in [0.5, 0.6) is 5.75 Å². The van der Waals surface area contributed by atoms with E-state index in [1.54, 1.807) is 25.0 Å². The first kappa shape index (κ1) is 13.1. The molecule has 1 unspecified atom stereocenters. The maximum absolute atomic E-state index is 12.8. The largest absolute Gasteiger partial charge is 0.493 e. The molecule has 1 aromatic heterocycles. The van der Waals surface area contributed by atoms with Crippen LogP contribution < -0.4 is 10.1 Å². The van der Waals surface area contributed by atoms with E-state index >= 15 is 0 Å². The lowest BCUT2D eigenvalue weighted by molar-refractivity contribution is 0.0716. The summed E-state index contributed by atoms with van der Waals surface area (Å²) in [6, 6.07) is 0. The molecule has 100 valence electrons. The lowest BCUT2D eigenvalue weighted by Crippen LogP contribution is -2.45. The predicted molar refractivity (Wildman–Crippen MR) is 68.9 cm³/mol. The van der Waals surface area contributed by atoms with Crippen molar-refractivity contribution in [1.82, 2.24) is 15.1 Å². The third-order valence-electron chi connectivity index (χ3n) is 3.97.